The van der Waals surface area contributed by atoms with Crippen molar-refractivity contribution in [3.8, 4) is 6.07 Å². The van der Waals surface area contributed by atoms with Gasteiger partial charge in [0.2, 0.25) is 0 Å². The van der Waals surface area contributed by atoms with Crippen LogP contribution in [0.1, 0.15) is 6.42 Å². The molecule has 0 unspecified atom stereocenters. The number of aromatic nitrogens is 1. The first-order valence-electron chi connectivity index (χ1n) is 4.29. The minimum absolute atomic E-state index is 0.0147. The number of aryl methyl sites for hydroxylation is 1. The Morgan fingerprint density at radius 3 is 2.93 bits per heavy atom. The van der Waals surface area contributed by atoms with Crippen LogP contribution in [0.25, 0.3) is 10.1 Å². The van der Waals surface area contributed by atoms with Gasteiger partial charge in [-0.2, -0.15) is 5.26 Å². The number of hydrogen-bond donors (Lipinski definition) is 0. The number of nitrogens with zero attached hydrogens (tertiary/aromatic N) is 2. The van der Waals surface area contributed by atoms with Crippen molar-refractivity contribution in [3.05, 3.63) is 34.6 Å². The third kappa shape index (κ3) is 1.42. The SMILES string of the molecule is N#CCCn1sc2ccccc2c1=O. The predicted octanol–water partition coefficient (Wildman–Crippen LogP) is 1.98. The molecule has 0 radical (unpaired) electrons. The van der Waals surface area contributed by atoms with Crippen LogP contribution in [0, 0.1) is 11.3 Å². The Bertz CT molecular complexity index is 547. The van der Waals surface area contributed by atoms with Gasteiger partial charge in [0.05, 0.1) is 22.6 Å². The fourth-order valence-corrected chi connectivity index (χ4v) is 2.31. The standard InChI is InChI=1S/C10H8N2OS/c11-6-3-7-12-10(13)8-4-1-2-5-9(8)14-12/h1-2,4-5H,3,7H2. The van der Waals surface area contributed by atoms with Crippen LogP contribution < -0.4 is 5.56 Å². The Kier molecular flexibility index (Phi) is 2.33. The summed E-state index contributed by atoms with van der Waals surface area (Å²) in [6.07, 6.45) is 0.382. The largest absolute Gasteiger partial charge is 0.268 e. The van der Waals surface area contributed by atoms with E-state index < -0.39 is 0 Å². The van der Waals surface area contributed by atoms with Crippen LogP contribution in [0.2, 0.25) is 0 Å². The summed E-state index contributed by atoms with van der Waals surface area (Å²) in [6.45, 7) is 0.495. The molecule has 1 aromatic carbocycles. The van der Waals surface area contributed by atoms with Crippen molar-refractivity contribution in [2.45, 2.75) is 13.0 Å². The number of nitriles is 1. The summed E-state index contributed by atoms with van der Waals surface area (Å²) < 4.78 is 2.61. The van der Waals surface area contributed by atoms with Gasteiger partial charge in [-0.05, 0) is 12.1 Å². The highest BCUT2D eigenvalue weighted by atomic mass is 32.1. The van der Waals surface area contributed by atoms with Crippen LogP contribution in [-0.4, -0.2) is 3.96 Å². The molecular weight excluding hydrogens is 196 g/mol. The Morgan fingerprint density at radius 1 is 1.43 bits per heavy atom. The molecule has 1 aromatic heterocycles. The van der Waals surface area contributed by atoms with Crippen LogP contribution in [0.4, 0.5) is 0 Å². The van der Waals surface area contributed by atoms with E-state index in [0.717, 1.165) is 10.1 Å². The van der Waals surface area contributed by atoms with Gasteiger partial charge in [-0.3, -0.25) is 8.75 Å². The summed E-state index contributed by atoms with van der Waals surface area (Å²) in [5.41, 5.74) is 0.0147. The Labute approximate surface area is 85.0 Å². The fourth-order valence-electron chi connectivity index (χ4n) is 1.32. The molecule has 1 heterocycles. The van der Waals surface area contributed by atoms with Gasteiger partial charge in [0.25, 0.3) is 5.56 Å². The lowest BCUT2D eigenvalue weighted by Gasteiger charge is -1.91. The van der Waals surface area contributed by atoms with E-state index in [4.69, 9.17) is 5.26 Å². The van der Waals surface area contributed by atoms with Crippen LogP contribution in [0.5, 0.6) is 0 Å². The molecule has 0 aliphatic heterocycles. The monoisotopic (exact) mass is 204 g/mol. The van der Waals surface area contributed by atoms with Gasteiger partial charge in [0.1, 0.15) is 0 Å². The fraction of sp³-hybridized carbons (Fsp3) is 0.200. The Hall–Kier alpha value is -1.60. The van der Waals surface area contributed by atoms with Gasteiger partial charge in [-0.15, -0.1) is 0 Å². The second-order valence-corrected chi connectivity index (χ2v) is 3.97. The average Bonchev–Trinajstić information content (AvgIpc) is 2.54. The second-order valence-electron chi connectivity index (χ2n) is 2.90. The lowest BCUT2D eigenvalue weighted by molar-refractivity contribution is 0.759. The maximum atomic E-state index is 11.7. The molecule has 2 rings (SSSR count). The molecule has 0 bridgehead atoms. The molecule has 0 fully saturated rings. The van der Waals surface area contributed by atoms with Crippen LogP contribution in [0.15, 0.2) is 29.1 Å². The molecule has 0 N–H and O–H groups in total. The molecule has 0 spiro atoms. The van der Waals surface area contributed by atoms with E-state index in [2.05, 4.69) is 0 Å². The smallest absolute Gasteiger partial charge is 0.268 e. The highest BCUT2D eigenvalue weighted by molar-refractivity contribution is 7.13. The number of benzene rings is 1. The van der Waals surface area contributed by atoms with E-state index in [1.165, 1.54) is 11.5 Å². The summed E-state index contributed by atoms with van der Waals surface area (Å²) >= 11 is 1.42. The lowest BCUT2D eigenvalue weighted by Crippen LogP contribution is -2.12. The predicted molar refractivity (Wildman–Crippen MR) is 56.3 cm³/mol. The van der Waals surface area contributed by atoms with Crippen molar-refractivity contribution >= 4 is 21.6 Å². The van der Waals surface area contributed by atoms with Crippen molar-refractivity contribution in [2.75, 3.05) is 0 Å². The highest BCUT2D eigenvalue weighted by Gasteiger charge is 2.05. The molecule has 14 heavy (non-hydrogen) atoms. The molecule has 0 aliphatic carbocycles. The molecule has 2 aromatic rings. The molecular formula is C10H8N2OS. The van der Waals surface area contributed by atoms with Crippen LogP contribution in [0.3, 0.4) is 0 Å². The Balaban J connectivity index is 2.53. The van der Waals surface area contributed by atoms with Crippen LogP contribution >= 0.6 is 11.5 Å². The zero-order valence-electron chi connectivity index (χ0n) is 7.43. The molecule has 3 nitrogen and oxygen atoms in total. The molecule has 0 aliphatic rings. The van der Waals surface area contributed by atoms with Crippen molar-refractivity contribution in [1.82, 2.24) is 3.96 Å². The van der Waals surface area contributed by atoms with E-state index >= 15 is 0 Å². The van der Waals surface area contributed by atoms with Crippen molar-refractivity contribution in [1.29, 1.82) is 5.26 Å². The highest BCUT2D eigenvalue weighted by Crippen LogP contribution is 2.15. The minimum Gasteiger partial charge on any atom is -0.268 e. The summed E-state index contributed by atoms with van der Waals surface area (Å²) in [4.78, 5) is 11.7. The first kappa shape index (κ1) is 8.97. The van der Waals surface area contributed by atoms with Gasteiger partial charge in [0, 0.05) is 6.54 Å². The van der Waals surface area contributed by atoms with Crippen molar-refractivity contribution in [3.63, 3.8) is 0 Å². The van der Waals surface area contributed by atoms with E-state index in [-0.39, 0.29) is 5.56 Å². The molecule has 0 saturated carbocycles. The number of hydrogen-bond acceptors (Lipinski definition) is 3. The average molecular weight is 204 g/mol. The molecule has 4 heteroatoms. The molecule has 70 valence electrons. The summed E-state index contributed by atoms with van der Waals surface area (Å²) in [5.74, 6) is 0. The van der Waals surface area contributed by atoms with Crippen molar-refractivity contribution < 1.29 is 0 Å². The normalized spacial score (nSPS) is 10.2. The lowest BCUT2D eigenvalue weighted by atomic mass is 10.3. The topological polar surface area (TPSA) is 45.8 Å². The van der Waals surface area contributed by atoms with E-state index in [0.29, 0.717) is 13.0 Å². The zero-order valence-corrected chi connectivity index (χ0v) is 8.25. The first-order valence-corrected chi connectivity index (χ1v) is 5.06. The quantitative estimate of drug-likeness (QED) is 0.750. The summed E-state index contributed by atoms with van der Waals surface area (Å²) in [7, 11) is 0. The summed E-state index contributed by atoms with van der Waals surface area (Å²) in [6, 6.07) is 9.53. The number of fused-ring (bicyclic) bond motifs is 1. The second kappa shape index (κ2) is 3.64. The maximum Gasteiger partial charge on any atom is 0.268 e. The van der Waals surface area contributed by atoms with Gasteiger partial charge >= 0.3 is 0 Å². The zero-order chi connectivity index (χ0) is 9.97. The van der Waals surface area contributed by atoms with E-state index in [1.807, 2.05) is 30.3 Å². The van der Waals surface area contributed by atoms with Gasteiger partial charge < -0.3 is 0 Å². The first-order chi connectivity index (χ1) is 6.83. The Morgan fingerprint density at radius 2 is 2.21 bits per heavy atom. The molecule has 0 atom stereocenters. The van der Waals surface area contributed by atoms with Crippen molar-refractivity contribution in [2.24, 2.45) is 0 Å². The molecule has 0 saturated heterocycles. The minimum atomic E-state index is 0.0147. The third-order valence-electron chi connectivity index (χ3n) is 1.98. The third-order valence-corrected chi connectivity index (χ3v) is 3.10. The number of rotatable bonds is 2. The van der Waals surface area contributed by atoms with E-state index in [1.54, 1.807) is 3.96 Å². The van der Waals surface area contributed by atoms with Crippen LogP contribution in [-0.2, 0) is 6.54 Å². The maximum absolute atomic E-state index is 11.7. The van der Waals surface area contributed by atoms with E-state index in [9.17, 15) is 4.79 Å². The van der Waals surface area contributed by atoms with Gasteiger partial charge in [-0.25, -0.2) is 0 Å². The van der Waals surface area contributed by atoms with Gasteiger partial charge in [-0.1, -0.05) is 23.7 Å². The van der Waals surface area contributed by atoms with Gasteiger partial charge in [0.15, 0.2) is 0 Å². The molecule has 0 amide bonds. The summed E-state index contributed by atoms with van der Waals surface area (Å²) in [5, 5.41) is 9.18.